The van der Waals surface area contributed by atoms with Crippen LogP contribution in [0.5, 0.6) is 17.2 Å². The minimum Gasteiger partial charge on any atom is -0.493 e. The normalized spacial score (nSPS) is 34.4. The minimum absolute atomic E-state index is 0.694. The molecule has 160 valence electrons. The van der Waals surface area contributed by atoms with Crippen molar-refractivity contribution < 1.29 is 14.2 Å². The minimum atomic E-state index is 0.694. The van der Waals surface area contributed by atoms with Crippen molar-refractivity contribution in [3.05, 3.63) is 17.7 Å². The largest absolute Gasteiger partial charge is 0.493 e. The van der Waals surface area contributed by atoms with Crippen LogP contribution in [-0.2, 0) is 6.54 Å². The third-order valence-corrected chi connectivity index (χ3v) is 8.19. The zero-order valence-corrected chi connectivity index (χ0v) is 18.2. The summed E-state index contributed by atoms with van der Waals surface area (Å²) in [5, 5.41) is 0. The van der Waals surface area contributed by atoms with Gasteiger partial charge in [-0.15, -0.1) is 0 Å². The van der Waals surface area contributed by atoms with Gasteiger partial charge in [0.25, 0.3) is 0 Å². The zero-order chi connectivity index (χ0) is 20.0. The number of methoxy groups -OCH3 is 3. The van der Waals surface area contributed by atoms with Crippen LogP contribution >= 0.6 is 0 Å². The van der Waals surface area contributed by atoms with E-state index in [2.05, 4.69) is 15.9 Å². The monoisotopic (exact) mass is 400 g/mol. The van der Waals surface area contributed by atoms with E-state index >= 15 is 0 Å². The summed E-state index contributed by atoms with van der Waals surface area (Å²) in [6, 6.07) is 4.98. The van der Waals surface area contributed by atoms with Crippen LogP contribution in [0.25, 0.3) is 0 Å². The molecule has 0 aromatic heterocycles. The van der Waals surface area contributed by atoms with Gasteiger partial charge in [-0.05, 0) is 61.8 Å². The van der Waals surface area contributed by atoms with Gasteiger partial charge in [0.15, 0.2) is 11.5 Å². The molecule has 1 aliphatic heterocycles. The molecule has 1 heterocycles. The van der Waals surface area contributed by atoms with Crippen molar-refractivity contribution in [2.75, 3.05) is 47.5 Å². The first-order valence-electron chi connectivity index (χ1n) is 11.4. The Kier molecular flexibility index (Phi) is 5.37. The number of hydrogen-bond donors (Lipinski definition) is 0. The molecule has 0 unspecified atom stereocenters. The Morgan fingerprint density at radius 3 is 1.93 bits per heavy atom. The lowest BCUT2D eigenvalue weighted by atomic mass is 9.54. The smallest absolute Gasteiger partial charge is 0.203 e. The van der Waals surface area contributed by atoms with Gasteiger partial charge in [0.2, 0.25) is 5.75 Å². The van der Waals surface area contributed by atoms with Gasteiger partial charge in [-0.3, -0.25) is 9.80 Å². The highest BCUT2D eigenvalue weighted by Crippen LogP contribution is 2.55. The molecule has 0 atom stereocenters. The Labute approximate surface area is 175 Å². The second-order valence-corrected chi connectivity index (χ2v) is 9.73. The summed E-state index contributed by atoms with van der Waals surface area (Å²) in [5.41, 5.74) is 1.17. The number of piperazine rings is 1. The maximum absolute atomic E-state index is 5.69. The first-order valence-corrected chi connectivity index (χ1v) is 11.4. The molecule has 5 heteroatoms. The number of hydrogen-bond acceptors (Lipinski definition) is 5. The molecule has 4 bridgehead atoms. The van der Waals surface area contributed by atoms with Crippen molar-refractivity contribution in [1.82, 2.24) is 9.80 Å². The zero-order valence-electron chi connectivity index (χ0n) is 18.2. The molecule has 4 aliphatic carbocycles. The van der Waals surface area contributed by atoms with Crippen molar-refractivity contribution in [2.45, 2.75) is 44.7 Å². The molecule has 5 nitrogen and oxygen atoms in total. The van der Waals surface area contributed by atoms with Crippen LogP contribution in [0.2, 0.25) is 0 Å². The van der Waals surface area contributed by atoms with Crippen LogP contribution < -0.4 is 14.2 Å². The highest BCUT2D eigenvalue weighted by Gasteiger charge is 2.50. The maximum atomic E-state index is 5.69. The molecule has 0 radical (unpaired) electrons. The molecule has 5 aliphatic rings. The Morgan fingerprint density at radius 2 is 1.38 bits per heavy atom. The predicted octanol–water partition coefficient (Wildman–Crippen LogP) is 3.65. The van der Waals surface area contributed by atoms with Crippen LogP contribution in [0.1, 0.15) is 37.7 Å². The van der Waals surface area contributed by atoms with Crippen LogP contribution in [0.15, 0.2) is 12.1 Å². The topological polar surface area (TPSA) is 34.2 Å². The Balaban J connectivity index is 1.23. The lowest BCUT2D eigenvalue weighted by molar-refractivity contribution is -0.0769. The van der Waals surface area contributed by atoms with Crippen molar-refractivity contribution in [2.24, 2.45) is 23.7 Å². The molecule has 1 aromatic carbocycles. The van der Waals surface area contributed by atoms with Gasteiger partial charge < -0.3 is 14.2 Å². The Morgan fingerprint density at radius 1 is 0.759 bits per heavy atom. The Bertz CT molecular complexity index is 701. The molecule has 6 rings (SSSR count). The summed E-state index contributed by atoms with van der Waals surface area (Å²) in [5.74, 6) is 6.32. The number of rotatable bonds is 6. The average molecular weight is 401 g/mol. The molecule has 1 saturated heterocycles. The molecule has 29 heavy (non-hydrogen) atoms. The standard InChI is InChI=1S/C24H36N2O3/c1-27-21-5-4-18(23(28-2)24(21)29-3)15-25-6-8-26(9-7-25)22-19-11-16-10-17(13-19)14-20(22)12-16/h4-5,16-17,19-20,22H,6-15H2,1-3H3. The van der Waals surface area contributed by atoms with Crippen molar-refractivity contribution in [3.8, 4) is 17.2 Å². The first-order chi connectivity index (χ1) is 14.2. The number of benzene rings is 1. The van der Waals surface area contributed by atoms with Crippen LogP contribution in [0.3, 0.4) is 0 Å². The second kappa shape index (κ2) is 7.99. The van der Waals surface area contributed by atoms with E-state index in [1.165, 1.54) is 44.3 Å². The number of ether oxygens (including phenoxy) is 3. The van der Waals surface area contributed by atoms with E-state index in [4.69, 9.17) is 14.2 Å². The van der Waals surface area contributed by atoms with E-state index in [1.807, 2.05) is 6.07 Å². The highest BCUT2D eigenvalue weighted by atomic mass is 16.5. The fourth-order valence-corrected chi connectivity index (χ4v) is 7.24. The first kappa shape index (κ1) is 19.5. The lowest BCUT2D eigenvalue weighted by Crippen LogP contribution is -2.60. The van der Waals surface area contributed by atoms with Crippen LogP contribution in [-0.4, -0.2) is 63.4 Å². The van der Waals surface area contributed by atoms with Gasteiger partial charge >= 0.3 is 0 Å². The van der Waals surface area contributed by atoms with Crippen LogP contribution in [0.4, 0.5) is 0 Å². The van der Waals surface area contributed by atoms with Crippen molar-refractivity contribution >= 4 is 0 Å². The van der Waals surface area contributed by atoms with Crippen molar-refractivity contribution in [3.63, 3.8) is 0 Å². The molecule has 0 spiro atoms. The summed E-state index contributed by atoms with van der Waals surface area (Å²) in [4.78, 5) is 5.42. The molecule has 5 fully saturated rings. The maximum Gasteiger partial charge on any atom is 0.203 e. The van der Waals surface area contributed by atoms with E-state index in [9.17, 15) is 0 Å². The van der Waals surface area contributed by atoms with E-state index < -0.39 is 0 Å². The summed E-state index contributed by atoms with van der Waals surface area (Å²) in [6.07, 6.45) is 7.60. The van der Waals surface area contributed by atoms with Gasteiger partial charge in [0.05, 0.1) is 21.3 Å². The van der Waals surface area contributed by atoms with Gasteiger partial charge in [-0.25, -0.2) is 0 Å². The summed E-state index contributed by atoms with van der Waals surface area (Å²) < 4.78 is 16.7. The molecule has 0 amide bonds. The highest BCUT2D eigenvalue weighted by molar-refractivity contribution is 5.55. The van der Waals surface area contributed by atoms with Gasteiger partial charge in [0.1, 0.15) is 0 Å². The van der Waals surface area contributed by atoms with Gasteiger partial charge in [-0.1, -0.05) is 6.07 Å². The molecule has 0 N–H and O–H groups in total. The second-order valence-electron chi connectivity index (χ2n) is 9.73. The quantitative estimate of drug-likeness (QED) is 0.728. The molecule has 1 aromatic rings. The van der Waals surface area contributed by atoms with E-state index in [0.717, 1.165) is 60.8 Å². The number of nitrogens with zero attached hydrogens (tertiary/aromatic N) is 2. The van der Waals surface area contributed by atoms with Crippen LogP contribution in [0, 0.1) is 23.7 Å². The van der Waals surface area contributed by atoms with Gasteiger partial charge in [0, 0.05) is 44.3 Å². The van der Waals surface area contributed by atoms with E-state index in [1.54, 1.807) is 27.8 Å². The fourth-order valence-electron chi connectivity index (χ4n) is 7.24. The van der Waals surface area contributed by atoms with E-state index in [-0.39, 0.29) is 0 Å². The predicted molar refractivity (Wildman–Crippen MR) is 114 cm³/mol. The lowest BCUT2D eigenvalue weighted by Gasteiger charge is -2.58. The SMILES string of the molecule is COc1ccc(CN2CCN(C3C4CC5CC(C4)CC3C5)CC2)c(OC)c1OC. The van der Waals surface area contributed by atoms with E-state index in [0.29, 0.717) is 5.75 Å². The average Bonchev–Trinajstić information content (AvgIpc) is 2.73. The molecular formula is C24H36N2O3. The fraction of sp³-hybridized carbons (Fsp3) is 0.750. The third-order valence-electron chi connectivity index (χ3n) is 8.19. The van der Waals surface area contributed by atoms with Crippen molar-refractivity contribution in [1.29, 1.82) is 0 Å². The Hall–Kier alpha value is -1.46. The molecular weight excluding hydrogens is 364 g/mol. The van der Waals surface area contributed by atoms with Gasteiger partial charge in [-0.2, -0.15) is 0 Å². The third kappa shape index (κ3) is 3.50. The summed E-state index contributed by atoms with van der Waals surface area (Å²) in [6.45, 7) is 5.60. The molecule has 4 saturated carbocycles. The summed E-state index contributed by atoms with van der Waals surface area (Å²) >= 11 is 0. The summed E-state index contributed by atoms with van der Waals surface area (Å²) in [7, 11) is 5.05.